The standard InChI is InChI=1S/C20H22N2O2/c1-3-22(14(2)23)17-11-9-16(10-12-17)21-20-18-7-5-4-6-15(18)8-13-19(20)24/h4-9,11-14,23-24H,3,10H2,1-2H3/b21-16-. The number of nitrogens with zero attached hydrogens (tertiary/aromatic N) is 2. The van der Waals surface area contributed by atoms with Gasteiger partial charge >= 0.3 is 0 Å². The Bertz CT molecular complexity index is 835. The van der Waals surface area contributed by atoms with E-state index in [2.05, 4.69) is 11.1 Å². The summed E-state index contributed by atoms with van der Waals surface area (Å²) in [6, 6.07) is 11.5. The second kappa shape index (κ2) is 6.89. The molecule has 3 rings (SSSR count). The normalized spacial score (nSPS) is 17.1. The highest BCUT2D eigenvalue weighted by Gasteiger charge is 2.14. The van der Waals surface area contributed by atoms with Crippen molar-refractivity contribution in [2.75, 3.05) is 6.54 Å². The summed E-state index contributed by atoms with van der Waals surface area (Å²) < 4.78 is 0. The van der Waals surface area contributed by atoms with Gasteiger partial charge in [0, 0.05) is 29.8 Å². The Morgan fingerprint density at radius 2 is 1.96 bits per heavy atom. The number of hydrogen-bond acceptors (Lipinski definition) is 4. The first-order chi connectivity index (χ1) is 11.6. The third kappa shape index (κ3) is 3.19. The molecule has 0 saturated carbocycles. The summed E-state index contributed by atoms with van der Waals surface area (Å²) in [6.45, 7) is 4.51. The van der Waals surface area contributed by atoms with E-state index in [4.69, 9.17) is 0 Å². The Morgan fingerprint density at radius 1 is 1.17 bits per heavy atom. The number of phenolic OH excluding ortho intramolecular Hbond substituents is 1. The zero-order chi connectivity index (χ0) is 17.1. The van der Waals surface area contributed by atoms with Crippen LogP contribution in [-0.2, 0) is 0 Å². The highest BCUT2D eigenvalue weighted by molar-refractivity contribution is 6.03. The van der Waals surface area contributed by atoms with Gasteiger partial charge in [-0.25, -0.2) is 4.99 Å². The largest absolute Gasteiger partial charge is 0.506 e. The fourth-order valence-corrected chi connectivity index (χ4v) is 2.99. The topological polar surface area (TPSA) is 56.1 Å². The number of hydrogen-bond donors (Lipinski definition) is 2. The van der Waals surface area contributed by atoms with Gasteiger partial charge in [-0.1, -0.05) is 36.4 Å². The van der Waals surface area contributed by atoms with Crippen molar-refractivity contribution in [1.29, 1.82) is 0 Å². The maximum Gasteiger partial charge on any atom is 0.141 e. The quantitative estimate of drug-likeness (QED) is 0.833. The summed E-state index contributed by atoms with van der Waals surface area (Å²) in [5.41, 5.74) is 2.48. The van der Waals surface area contributed by atoms with Crippen LogP contribution in [-0.4, -0.2) is 33.6 Å². The van der Waals surface area contributed by atoms with Gasteiger partial charge < -0.3 is 15.1 Å². The van der Waals surface area contributed by atoms with E-state index in [1.54, 1.807) is 13.0 Å². The number of aliphatic hydroxyl groups is 1. The number of phenols is 1. The lowest BCUT2D eigenvalue weighted by Crippen LogP contribution is -2.31. The molecule has 1 unspecified atom stereocenters. The molecule has 1 aliphatic rings. The molecule has 1 aliphatic carbocycles. The molecule has 2 aromatic carbocycles. The van der Waals surface area contributed by atoms with Gasteiger partial charge in [0.05, 0.1) is 0 Å². The van der Waals surface area contributed by atoms with Crippen LogP contribution in [0.4, 0.5) is 5.69 Å². The molecule has 4 heteroatoms. The molecule has 1 atom stereocenters. The van der Waals surface area contributed by atoms with Crippen LogP contribution in [0.1, 0.15) is 20.3 Å². The zero-order valence-electron chi connectivity index (χ0n) is 14.0. The Labute approximate surface area is 142 Å². The van der Waals surface area contributed by atoms with Crippen molar-refractivity contribution in [3.05, 3.63) is 60.3 Å². The summed E-state index contributed by atoms with van der Waals surface area (Å²) in [7, 11) is 0. The lowest BCUT2D eigenvalue weighted by Gasteiger charge is -2.28. The molecule has 0 bridgehead atoms. The van der Waals surface area contributed by atoms with Crippen LogP contribution in [0.5, 0.6) is 5.75 Å². The predicted octanol–water partition coefficient (Wildman–Crippen LogP) is 4.12. The molecule has 124 valence electrons. The van der Waals surface area contributed by atoms with Crippen molar-refractivity contribution in [3.63, 3.8) is 0 Å². The molecule has 0 heterocycles. The van der Waals surface area contributed by atoms with Gasteiger partial charge in [-0.15, -0.1) is 0 Å². The van der Waals surface area contributed by atoms with Crippen LogP contribution in [0.15, 0.2) is 65.3 Å². The molecule has 0 spiro atoms. The highest BCUT2D eigenvalue weighted by Crippen LogP contribution is 2.35. The summed E-state index contributed by atoms with van der Waals surface area (Å²) in [5, 5.41) is 22.0. The van der Waals surface area contributed by atoms with E-state index in [0.717, 1.165) is 28.7 Å². The first kappa shape index (κ1) is 16.3. The second-order valence-corrected chi connectivity index (χ2v) is 5.84. The van der Waals surface area contributed by atoms with E-state index < -0.39 is 6.23 Å². The third-order valence-corrected chi connectivity index (χ3v) is 4.22. The molecule has 0 aromatic heterocycles. The van der Waals surface area contributed by atoms with Crippen LogP contribution < -0.4 is 0 Å². The van der Waals surface area contributed by atoms with Gasteiger partial charge in [0.25, 0.3) is 0 Å². The molecule has 2 aromatic rings. The van der Waals surface area contributed by atoms with Crippen LogP contribution in [0.3, 0.4) is 0 Å². The third-order valence-electron chi connectivity index (χ3n) is 4.22. The number of benzene rings is 2. The van der Waals surface area contributed by atoms with E-state index in [-0.39, 0.29) is 5.75 Å². The van der Waals surface area contributed by atoms with E-state index in [1.165, 1.54) is 0 Å². The Hall–Kier alpha value is -2.59. The molecule has 0 fully saturated rings. The molecule has 0 amide bonds. The van der Waals surface area contributed by atoms with Gasteiger partial charge in [-0.05, 0) is 37.5 Å². The van der Waals surface area contributed by atoms with E-state index in [0.29, 0.717) is 12.1 Å². The van der Waals surface area contributed by atoms with Gasteiger partial charge in [0.15, 0.2) is 0 Å². The minimum Gasteiger partial charge on any atom is -0.506 e. The second-order valence-electron chi connectivity index (χ2n) is 5.84. The highest BCUT2D eigenvalue weighted by atomic mass is 16.3. The van der Waals surface area contributed by atoms with E-state index in [1.807, 2.05) is 54.3 Å². The van der Waals surface area contributed by atoms with Crippen LogP contribution >= 0.6 is 0 Å². The van der Waals surface area contributed by atoms with Crippen LogP contribution in [0, 0.1) is 0 Å². The maximum absolute atomic E-state index is 10.2. The monoisotopic (exact) mass is 322 g/mol. The molecule has 0 radical (unpaired) electrons. The van der Waals surface area contributed by atoms with Crippen molar-refractivity contribution in [3.8, 4) is 5.75 Å². The number of rotatable bonds is 4. The van der Waals surface area contributed by atoms with Gasteiger partial charge in [0.1, 0.15) is 17.7 Å². The zero-order valence-corrected chi connectivity index (χ0v) is 14.0. The van der Waals surface area contributed by atoms with Gasteiger partial charge in [0.2, 0.25) is 0 Å². The minimum absolute atomic E-state index is 0.184. The lowest BCUT2D eigenvalue weighted by atomic mass is 10.1. The fourth-order valence-electron chi connectivity index (χ4n) is 2.99. The molecular formula is C20H22N2O2. The lowest BCUT2D eigenvalue weighted by molar-refractivity contribution is 0.0510. The predicted molar refractivity (Wildman–Crippen MR) is 98.6 cm³/mol. The van der Waals surface area contributed by atoms with Crippen molar-refractivity contribution in [2.24, 2.45) is 4.99 Å². The Kier molecular flexibility index (Phi) is 4.67. The molecular weight excluding hydrogens is 300 g/mol. The number of likely N-dealkylation sites (N-methyl/N-ethyl adjacent to an activating group) is 1. The van der Waals surface area contributed by atoms with Crippen LogP contribution in [0.25, 0.3) is 10.8 Å². The fraction of sp³-hybridized carbons (Fsp3) is 0.250. The van der Waals surface area contributed by atoms with Crippen LogP contribution in [0.2, 0.25) is 0 Å². The first-order valence-corrected chi connectivity index (χ1v) is 8.21. The van der Waals surface area contributed by atoms with Crippen molar-refractivity contribution in [2.45, 2.75) is 26.5 Å². The molecule has 2 N–H and O–H groups in total. The number of aliphatic imine (C=N–C) groups is 1. The number of aromatic hydroxyl groups is 1. The van der Waals surface area contributed by atoms with Gasteiger partial charge in [-0.2, -0.15) is 0 Å². The van der Waals surface area contributed by atoms with Crippen molar-refractivity contribution < 1.29 is 10.2 Å². The number of fused-ring (bicyclic) bond motifs is 1. The Balaban J connectivity index is 1.92. The SMILES string of the molecule is CCN(C1=CC/C(=N\c2c(O)ccc3ccccc23)C=C1)C(C)O. The smallest absolute Gasteiger partial charge is 0.141 e. The molecule has 0 saturated heterocycles. The molecule has 24 heavy (non-hydrogen) atoms. The Morgan fingerprint density at radius 3 is 2.62 bits per heavy atom. The van der Waals surface area contributed by atoms with Crippen molar-refractivity contribution >= 4 is 22.2 Å². The molecule has 4 nitrogen and oxygen atoms in total. The summed E-state index contributed by atoms with van der Waals surface area (Å²) in [5.74, 6) is 0.184. The first-order valence-electron chi connectivity index (χ1n) is 8.21. The van der Waals surface area contributed by atoms with E-state index >= 15 is 0 Å². The van der Waals surface area contributed by atoms with Crippen molar-refractivity contribution in [1.82, 2.24) is 4.90 Å². The number of aliphatic hydroxyl groups excluding tert-OH is 1. The summed E-state index contributed by atoms with van der Waals surface area (Å²) in [4.78, 5) is 6.58. The maximum atomic E-state index is 10.2. The summed E-state index contributed by atoms with van der Waals surface area (Å²) >= 11 is 0. The number of allylic oxidation sites excluding steroid dienone is 3. The van der Waals surface area contributed by atoms with Gasteiger partial charge in [-0.3, -0.25) is 0 Å². The minimum atomic E-state index is -0.522. The average molecular weight is 322 g/mol. The summed E-state index contributed by atoms with van der Waals surface area (Å²) in [6.07, 6.45) is 6.10. The van der Waals surface area contributed by atoms with E-state index in [9.17, 15) is 10.2 Å². The average Bonchev–Trinajstić information content (AvgIpc) is 2.59. The molecule has 0 aliphatic heterocycles.